The number of anilines is 1. The molecule has 0 spiro atoms. The Hall–Kier alpha value is -1.25. The van der Waals surface area contributed by atoms with Gasteiger partial charge >= 0.3 is 0 Å². The Balaban J connectivity index is 2.82. The van der Waals surface area contributed by atoms with Crippen molar-refractivity contribution >= 4 is 5.69 Å². The zero-order valence-electron chi connectivity index (χ0n) is 10.9. The molecule has 0 aliphatic carbocycles. The van der Waals surface area contributed by atoms with E-state index in [0.29, 0.717) is 12.0 Å². The van der Waals surface area contributed by atoms with Gasteiger partial charge in [-0.15, -0.1) is 0 Å². The van der Waals surface area contributed by atoms with Gasteiger partial charge in [0.25, 0.3) is 0 Å². The average Bonchev–Trinajstić information content (AvgIpc) is 2.28. The predicted molar refractivity (Wildman–Crippen MR) is 68.1 cm³/mol. The molecular weight excluding hydrogens is 200 g/mol. The molecule has 0 bridgehead atoms. The molecule has 0 saturated heterocycles. The number of aromatic nitrogens is 1. The second-order valence-electron chi connectivity index (χ2n) is 4.34. The third kappa shape index (κ3) is 3.12. The number of methoxy groups -OCH3 is 1. The summed E-state index contributed by atoms with van der Waals surface area (Å²) >= 11 is 0. The number of ether oxygens (including phenoxy) is 1. The molecule has 2 atom stereocenters. The maximum atomic E-state index is 5.29. The van der Waals surface area contributed by atoms with Gasteiger partial charge < -0.3 is 10.1 Å². The molecular formula is C13H22N2O. The Morgan fingerprint density at radius 3 is 2.69 bits per heavy atom. The van der Waals surface area contributed by atoms with E-state index < -0.39 is 0 Å². The van der Waals surface area contributed by atoms with Gasteiger partial charge in [-0.05, 0) is 25.8 Å². The predicted octanol–water partition coefficient (Wildman–Crippen LogP) is 3.25. The highest BCUT2D eigenvalue weighted by Gasteiger charge is 2.12. The highest BCUT2D eigenvalue weighted by atomic mass is 16.5. The summed E-state index contributed by atoms with van der Waals surface area (Å²) in [7, 11) is 1.67. The first-order chi connectivity index (χ1) is 7.58. The van der Waals surface area contributed by atoms with E-state index in [2.05, 4.69) is 31.1 Å². The first kappa shape index (κ1) is 12.8. The van der Waals surface area contributed by atoms with Crippen molar-refractivity contribution in [2.45, 2.75) is 40.2 Å². The van der Waals surface area contributed by atoms with Crippen molar-refractivity contribution < 1.29 is 4.74 Å². The molecule has 0 fully saturated rings. The van der Waals surface area contributed by atoms with E-state index in [0.717, 1.165) is 17.1 Å². The summed E-state index contributed by atoms with van der Waals surface area (Å²) in [6.45, 7) is 8.64. The standard InChI is InChI=1S/C13H22N2O/c1-6-9(2)11(4)15-12-7-10(3)14-8-13(12)16-5/h7-9,11H,6H2,1-5H3,(H,14,15). The molecule has 2 unspecified atom stereocenters. The SMILES string of the molecule is CCC(C)C(C)Nc1cc(C)ncc1OC. The van der Waals surface area contributed by atoms with Crippen LogP contribution in [-0.2, 0) is 0 Å². The number of aryl methyl sites for hydroxylation is 1. The summed E-state index contributed by atoms with van der Waals surface area (Å²) < 4.78 is 5.29. The van der Waals surface area contributed by atoms with Gasteiger partial charge in [-0.25, -0.2) is 0 Å². The van der Waals surface area contributed by atoms with Crippen molar-refractivity contribution in [3.05, 3.63) is 18.0 Å². The molecule has 3 nitrogen and oxygen atoms in total. The molecule has 0 aromatic carbocycles. The lowest BCUT2D eigenvalue weighted by atomic mass is 10.0. The molecule has 0 amide bonds. The Morgan fingerprint density at radius 2 is 2.12 bits per heavy atom. The number of pyridine rings is 1. The van der Waals surface area contributed by atoms with Gasteiger partial charge in [0.2, 0.25) is 0 Å². The third-order valence-corrected chi connectivity index (χ3v) is 3.10. The van der Waals surface area contributed by atoms with Crippen LogP contribution in [0, 0.1) is 12.8 Å². The lowest BCUT2D eigenvalue weighted by Gasteiger charge is -2.22. The van der Waals surface area contributed by atoms with Crippen molar-refractivity contribution in [2.24, 2.45) is 5.92 Å². The van der Waals surface area contributed by atoms with Gasteiger partial charge in [0, 0.05) is 11.7 Å². The molecule has 0 radical (unpaired) electrons. The van der Waals surface area contributed by atoms with Crippen LogP contribution in [-0.4, -0.2) is 18.1 Å². The molecule has 1 aromatic rings. The molecule has 3 heteroatoms. The Bertz CT molecular complexity index is 339. The van der Waals surface area contributed by atoms with Crippen molar-refractivity contribution in [3.63, 3.8) is 0 Å². The van der Waals surface area contributed by atoms with Crippen LogP contribution in [0.1, 0.15) is 32.9 Å². The summed E-state index contributed by atoms with van der Waals surface area (Å²) in [5, 5.41) is 3.49. The fraction of sp³-hybridized carbons (Fsp3) is 0.615. The quantitative estimate of drug-likeness (QED) is 0.830. The zero-order valence-corrected chi connectivity index (χ0v) is 10.9. The van der Waals surface area contributed by atoms with E-state index in [1.807, 2.05) is 13.0 Å². The normalized spacial score (nSPS) is 14.3. The smallest absolute Gasteiger partial charge is 0.160 e. The summed E-state index contributed by atoms with van der Waals surface area (Å²) in [5.74, 6) is 1.44. The summed E-state index contributed by atoms with van der Waals surface area (Å²) in [6, 6.07) is 2.46. The van der Waals surface area contributed by atoms with Crippen LogP contribution >= 0.6 is 0 Å². The van der Waals surface area contributed by atoms with Crippen LogP contribution in [0.25, 0.3) is 0 Å². The van der Waals surface area contributed by atoms with Crippen molar-refractivity contribution in [3.8, 4) is 5.75 Å². The van der Waals surface area contributed by atoms with Crippen molar-refractivity contribution in [1.29, 1.82) is 0 Å². The monoisotopic (exact) mass is 222 g/mol. The Labute approximate surface area is 98.2 Å². The minimum Gasteiger partial charge on any atom is -0.493 e. The van der Waals surface area contributed by atoms with Crippen LogP contribution in [0.15, 0.2) is 12.3 Å². The third-order valence-electron chi connectivity index (χ3n) is 3.10. The van der Waals surface area contributed by atoms with Crippen LogP contribution in [0.5, 0.6) is 5.75 Å². The number of hydrogen-bond acceptors (Lipinski definition) is 3. The topological polar surface area (TPSA) is 34.2 Å². The molecule has 0 aliphatic rings. The second-order valence-corrected chi connectivity index (χ2v) is 4.34. The van der Waals surface area contributed by atoms with Gasteiger partial charge in [0.1, 0.15) is 0 Å². The molecule has 1 N–H and O–H groups in total. The average molecular weight is 222 g/mol. The van der Waals surface area contributed by atoms with Crippen molar-refractivity contribution in [2.75, 3.05) is 12.4 Å². The second kappa shape index (κ2) is 5.73. The number of rotatable bonds is 5. The lowest BCUT2D eigenvalue weighted by Crippen LogP contribution is -2.23. The Kier molecular flexibility index (Phi) is 4.59. The van der Waals surface area contributed by atoms with Crippen molar-refractivity contribution in [1.82, 2.24) is 4.98 Å². The van der Waals surface area contributed by atoms with Gasteiger partial charge in [0.15, 0.2) is 5.75 Å². The first-order valence-corrected chi connectivity index (χ1v) is 5.85. The fourth-order valence-electron chi connectivity index (χ4n) is 1.56. The van der Waals surface area contributed by atoms with Gasteiger partial charge in [0.05, 0.1) is 19.0 Å². The van der Waals surface area contributed by atoms with Crippen LogP contribution in [0.3, 0.4) is 0 Å². The van der Waals surface area contributed by atoms with E-state index in [1.165, 1.54) is 6.42 Å². The highest BCUT2D eigenvalue weighted by Crippen LogP contribution is 2.25. The largest absolute Gasteiger partial charge is 0.493 e. The van der Waals surface area contributed by atoms with Crippen LogP contribution in [0.2, 0.25) is 0 Å². The van der Waals surface area contributed by atoms with Gasteiger partial charge in [-0.2, -0.15) is 0 Å². The molecule has 1 heterocycles. The van der Waals surface area contributed by atoms with E-state index in [-0.39, 0.29) is 0 Å². The number of hydrogen-bond donors (Lipinski definition) is 1. The van der Waals surface area contributed by atoms with Crippen LogP contribution < -0.4 is 10.1 Å². The van der Waals surface area contributed by atoms with E-state index in [4.69, 9.17) is 4.74 Å². The van der Waals surface area contributed by atoms with E-state index >= 15 is 0 Å². The van der Waals surface area contributed by atoms with Crippen LogP contribution in [0.4, 0.5) is 5.69 Å². The molecule has 0 saturated carbocycles. The summed E-state index contributed by atoms with van der Waals surface area (Å²) in [6.07, 6.45) is 2.93. The molecule has 16 heavy (non-hydrogen) atoms. The lowest BCUT2D eigenvalue weighted by molar-refractivity contribution is 0.412. The zero-order chi connectivity index (χ0) is 12.1. The van der Waals surface area contributed by atoms with Gasteiger partial charge in [-0.1, -0.05) is 20.3 Å². The number of nitrogens with zero attached hydrogens (tertiary/aromatic N) is 1. The maximum Gasteiger partial charge on any atom is 0.160 e. The minimum atomic E-state index is 0.431. The van der Waals surface area contributed by atoms with Gasteiger partial charge in [-0.3, -0.25) is 4.98 Å². The highest BCUT2D eigenvalue weighted by molar-refractivity contribution is 5.56. The van der Waals surface area contributed by atoms with E-state index in [9.17, 15) is 0 Å². The summed E-state index contributed by atoms with van der Waals surface area (Å²) in [5.41, 5.74) is 2.03. The Morgan fingerprint density at radius 1 is 1.44 bits per heavy atom. The fourth-order valence-corrected chi connectivity index (χ4v) is 1.56. The molecule has 90 valence electrons. The summed E-state index contributed by atoms with van der Waals surface area (Å²) in [4.78, 5) is 4.22. The number of nitrogens with one attached hydrogen (secondary N) is 1. The molecule has 1 aromatic heterocycles. The molecule has 1 rings (SSSR count). The van der Waals surface area contributed by atoms with E-state index in [1.54, 1.807) is 13.3 Å². The minimum absolute atomic E-state index is 0.431. The maximum absolute atomic E-state index is 5.29. The first-order valence-electron chi connectivity index (χ1n) is 5.85. The molecule has 0 aliphatic heterocycles.